The third kappa shape index (κ3) is 6.82. The van der Waals surface area contributed by atoms with Gasteiger partial charge in [-0.3, -0.25) is 4.79 Å². The molecule has 0 aromatic heterocycles. The van der Waals surface area contributed by atoms with Gasteiger partial charge < -0.3 is 4.43 Å². The highest BCUT2D eigenvalue weighted by Gasteiger charge is 2.21. The molecule has 0 rings (SSSR count). The van der Waals surface area contributed by atoms with Crippen molar-refractivity contribution in [2.45, 2.75) is 38.9 Å². The van der Waals surface area contributed by atoms with E-state index in [0.717, 1.165) is 6.04 Å². The van der Waals surface area contributed by atoms with Gasteiger partial charge in [0.15, 0.2) is 8.32 Å². The standard InChI is InChI=1S/C8H17ClO2Si/c1-4-5-6-12(2,3)11-7-8(9)10/h4-7H2,1-3H3. The van der Waals surface area contributed by atoms with Crippen molar-refractivity contribution in [3.05, 3.63) is 0 Å². The molecule has 72 valence electrons. The first-order valence-electron chi connectivity index (χ1n) is 4.30. The van der Waals surface area contributed by atoms with E-state index in [0.29, 0.717) is 0 Å². The van der Waals surface area contributed by atoms with Gasteiger partial charge in [0.05, 0.1) is 0 Å². The minimum atomic E-state index is -1.59. The van der Waals surface area contributed by atoms with Crippen LogP contribution in [0.3, 0.4) is 0 Å². The van der Waals surface area contributed by atoms with E-state index in [1.165, 1.54) is 12.8 Å². The molecular weight excluding hydrogens is 192 g/mol. The molecule has 4 heteroatoms. The van der Waals surface area contributed by atoms with Gasteiger partial charge in [0.25, 0.3) is 0 Å². The number of hydrogen-bond acceptors (Lipinski definition) is 2. The van der Waals surface area contributed by atoms with E-state index < -0.39 is 13.6 Å². The lowest BCUT2D eigenvalue weighted by Crippen LogP contribution is -2.31. The van der Waals surface area contributed by atoms with Crippen LogP contribution in [-0.4, -0.2) is 20.2 Å². The number of carbonyl (C=O) groups excluding carboxylic acids is 1. The van der Waals surface area contributed by atoms with Crippen molar-refractivity contribution in [2.75, 3.05) is 6.61 Å². The second kappa shape index (κ2) is 5.73. The van der Waals surface area contributed by atoms with Crippen molar-refractivity contribution in [1.82, 2.24) is 0 Å². The van der Waals surface area contributed by atoms with E-state index in [-0.39, 0.29) is 6.61 Å². The predicted octanol–water partition coefficient (Wildman–Crippen LogP) is 2.77. The Labute approximate surface area is 80.4 Å². The summed E-state index contributed by atoms with van der Waals surface area (Å²) in [5.41, 5.74) is 0. The molecule has 0 aromatic carbocycles. The molecule has 0 bridgehead atoms. The zero-order valence-electron chi connectivity index (χ0n) is 8.02. The van der Waals surface area contributed by atoms with E-state index in [2.05, 4.69) is 20.0 Å². The number of unbranched alkanes of at least 4 members (excludes halogenated alkanes) is 1. The van der Waals surface area contributed by atoms with Crippen molar-refractivity contribution < 1.29 is 9.22 Å². The minimum Gasteiger partial charge on any atom is -0.409 e. The normalized spacial score (nSPS) is 11.7. The fraction of sp³-hybridized carbons (Fsp3) is 0.875. The van der Waals surface area contributed by atoms with Gasteiger partial charge in [-0.15, -0.1) is 0 Å². The molecule has 0 unspecified atom stereocenters. The Kier molecular flexibility index (Phi) is 5.79. The molecule has 0 aliphatic carbocycles. The average molecular weight is 209 g/mol. The summed E-state index contributed by atoms with van der Waals surface area (Å²) in [4.78, 5) is 10.4. The molecule has 0 spiro atoms. The zero-order valence-corrected chi connectivity index (χ0v) is 9.78. The zero-order chi connectivity index (χ0) is 9.61. The fourth-order valence-electron chi connectivity index (χ4n) is 0.927. The summed E-state index contributed by atoms with van der Waals surface area (Å²) >= 11 is 5.18. The Balaban J connectivity index is 3.63. The van der Waals surface area contributed by atoms with Crippen LogP contribution in [0.15, 0.2) is 0 Å². The first kappa shape index (κ1) is 12.1. The first-order chi connectivity index (χ1) is 5.48. The van der Waals surface area contributed by atoms with Crippen molar-refractivity contribution >= 4 is 25.2 Å². The van der Waals surface area contributed by atoms with Gasteiger partial charge in [-0.2, -0.15) is 0 Å². The molecule has 0 amide bonds. The number of rotatable bonds is 6. The van der Waals surface area contributed by atoms with Gasteiger partial charge >= 0.3 is 0 Å². The molecule has 0 saturated heterocycles. The van der Waals surface area contributed by atoms with Crippen molar-refractivity contribution in [3.63, 3.8) is 0 Å². The second-order valence-electron chi connectivity index (χ2n) is 3.51. The third-order valence-electron chi connectivity index (χ3n) is 1.71. The fourth-order valence-corrected chi connectivity index (χ4v) is 2.94. The molecule has 0 atom stereocenters. The molecule has 0 saturated carbocycles. The highest BCUT2D eigenvalue weighted by Crippen LogP contribution is 2.14. The Morgan fingerprint density at radius 3 is 2.50 bits per heavy atom. The van der Waals surface area contributed by atoms with Gasteiger partial charge in [0, 0.05) is 0 Å². The summed E-state index contributed by atoms with van der Waals surface area (Å²) < 4.78 is 5.45. The maximum Gasteiger partial charge on any atom is 0.246 e. The molecule has 12 heavy (non-hydrogen) atoms. The second-order valence-corrected chi connectivity index (χ2v) is 8.24. The highest BCUT2D eigenvalue weighted by atomic mass is 35.5. The summed E-state index contributed by atoms with van der Waals surface area (Å²) in [5, 5.41) is -0.396. The molecule has 0 heterocycles. The average Bonchev–Trinajstić information content (AvgIpc) is 1.98. The van der Waals surface area contributed by atoms with E-state index in [1.807, 2.05) is 0 Å². The number of hydrogen-bond donors (Lipinski definition) is 0. The van der Waals surface area contributed by atoms with E-state index in [1.54, 1.807) is 0 Å². The van der Waals surface area contributed by atoms with Crippen LogP contribution in [0, 0.1) is 0 Å². The summed E-state index contributed by atoms with van der Waals surface area (Å²) in [5.74, 6) is 0. The van der Waals surface area contributed by atoms with E-state index in [9.17, 15) is 4.79 Å². The summed E-state index contributed by atoms with van der Waals surface area (Å²) in [6.45, 7) is 6.45. The van der Waals surface area contributed by atoms with Gasteiger partial charge in [0.2, 0.25) is 5.24 Å². The van der Waals surface area contributed by atoms with E-state index >= 15 is 0 Å². The van der Waals surface area contributed by atoms with Crippen LogP contribution < -0.4 is 0 Å². The Morgan fingerprint density at radius 2 is 2.08 bits per heavy atom. The summed E-state index contributed by atoms with van der Waals surface area (Å²) in [7, 11) is -1.59. The Bertz CT molecular complexity index is 148. The largest absolute Gasteiger partial charge is 0.409 e. The van der Waals surface area contributed by atoms with Gasteiger partial charge in [-0.05, 0) is 30.7 Å². The molecule has 0 fully saturated rings. The number of halogens is 1. The van der Waals surface area contributed by atoms with Crippen LogP contribution in [0.5, 0.6) is 0 Å². The van der Waals surface area contributed by atoms with Crippen molar-refractivity contribution in [3.8, 4) is 0 Å². The van der Waals surface area contributed by atoms with Crippen LogP contribution >= 0.6 is 11.6 Å². The summed E-state index contributed by atoms with van der Waals surface area (Å²) in [6, 6.07) is 1.10. The SMILES string of the molecule is CCCC[Si](C)(C)OCC(=O)Cl. The molecule has 2 nitrogen and oxygen atoms in total. The molecule has 0 radical (unpaired) electrons. The quantitative estimate of drug-likeness (QED) is 0.496. The smallest absolute Gasteiger partial charge is 0.246 e. The Morgan fingerprint density at radius 1 is 1.50 bits per heavy atom. The lowest BCUT2D eigenvalue weighted by atomic mass is 10.4. The van der Waals surface area contributed by atoms with Crippen LogP contribution in [0.1, 0.15) is 19.8 Å². The Hall–Kier alpha value is 0.137. The highest BCUT2D eigenvalue weighted by molar-refractivity contribution is 6.72. The first-order valence-corrected chi connectivity index (χ1v) is 7.79. The number of carbonyl (C=O) groups is 1. The summed E-state index contributed by atoms with van der Waals surface area (Å²) in [6.07, 6.45) is 2.35. The topological polar surface area (TPSA) is 26.3 Å². The van der Waals surface area contributed by atoms with Crippen LogP contribution in [0.2, 0.25) is 19.1 Å². The lowest BCUT2D eigenvalue weighted by Gasteiger charge is -2.21. The molecule has 0 aromatic rings. The molecule has 0 N–H and O–H groups in total. The maximum atomic E-state index is 10.4. The molecular formula is C8H17ClO2Si. The van der Waals surface area contributed by atoms with Gasteiger partial charge in [-0.25, -0.2) is 0 Å². The lowest BCUT2D eigenvalue weighted by molar-refractivity contribution is -0.113. The van der Waals surface area contributed by atoms with Crippen molar-refractivity contribution in [2.24, 2.45) is 0 Å². The monoisotopic (exact) mass is 208 g/mol. The molecule has 0 aliphatic heterocycles. The molecule has 0 aliphatic rings. The van der Waals surface area contributed by atoms with Crippen LogP contribution in [-0.2, 0) is 9.22 Å². The predicted molar refractivity (Wildman–Crippen MR) is 54.0 cm³/mol. The van der Waals surface area contributed by atoms with Gasteiger partial charge in [0.1, 0.15) is 6.61 Å². The van der Waals surface area contributed by atoms with Crippen LogP contribution in [0.25, 0.3) is 0 Å². The van der Waals surface area contributed by atoms with Crippen LogP contribution in [0.4, 0.5) is 0 Å². The van der Waals surface area contributed by atoms with Gasteiger partial charge in [-0.1, -0.05) is 19.8 Å². The van der Waals surface area contributed by atoms with E-state index in [4.69, 9.17) is 16.0 Å². The minimum absolute atomic E-state index is 0.0739. The third-order valence-corrected chi connectivity index (χ3v) is 4.30. The van der Waals surface area contributed by atoms with Crippen molar-refractivity contribution in [1.29, 1.82) is 0 Å². The maximum absolute atomic E-state index is 10.4.